The molecule has 0 spiro atoms. The lowest BCUT2D eigenvalue weighted by Crippen LogP contribution is -2.30. The monoisotopic (exact) mass is 370 g/mol. The molecule has 0 fully saturated rings. The minimum absolute atomic E-state index is 0.0485. The van der Waals surface area contributed by atoms with E-state index in [1.54, 1.807) is 37.4 Å². The van der Waals surface area contributed by atoms with E-state index in [-0.39, 0.29) is 30.8 Å². The summed E-state index contributed by atoms with van der Waals surface area (Å²) in [6.45, 7) is -0.0977. The minimum atomic E-state index is -0.599. The number of esters is 1. The van der Waals surface area contributed by atoms with Gasteiger partial charge in [-0.1, -0.05) is 12.1 Å². The standard InChI is InChI=1S/C20H19FN2O4/c1-23(11-13-2-6-16(21)7-3-13)19(25)12-27-20(26)15-4-8-17-14(10-15)5-9-18(24)22-17/h2-4,6-8,10H,5,9,11-12H2,1H3,(H,22,24). The summed E-state index contributed by atoms with van der Waals surface area (Å²) in [4.78, 5) is 37.1. The molecule has 1 aliphatic rings. The molecule has 0 aliphatic carbocycles. The Hall–Kier alpha value is -3.22. The van der Waals surface area contributed by atoms with Gasteiger partial charge in [-0.25, -0.2) is 9.18 Å². The van der Waals surface area contributed by atoms with E-state index in [0.717, 1.165) is 11.1 Å². The van der Waals surface area contributed by atoms with Crippen molar-refractivity contribution in [1.29, 1.82) is 0 Å². The van der Waals surface area contributed by atoms with Gasteiger partial charge in [-0.2, -0.15) is 0 Å². The van der Waals surface area contributed by atoms with E-state index in [4.69, 9.17) is 4.74 Å². The van der Waals surface area contributed by atoms with Crippen LogP contribution in [0.3, 0.4) is 0 Å². The summed E-state index contributed by atoms with van der Waals surface area (Å²) < 4.78 is 18.0. The number of aryl methyl sites for hydroxylation is 1. The average molecular weight is 370 g/mol. The summed E-state index contributed by atoms with van der Waals surface area (Å²) >= 11 is 0. The Labute approximate surface area is 155 Å². The molecule has 0 saturated carbocycles. The van der Waals surface area contributed by atoms with Crippen LogP contribution < -0.4 is 5.32 Å². The van der Waals surface area contributed by atoms with E-state index in [0.29, 0.717) is 24.1 Å². The third-order valence-electron chi connectivity index (χ3n) is 4.32. The Kier molecular flexibility index (Phi) is 5.49. The maximum Gasteiger partial charge on any atom is 0.338 e. The Morgan fingerprint density at radius 2 is 1.89 bits per heavy atom. The zero-order valence-electron chi connectivity index (χ0n) is 14.8. The lowest BCUT2D eigenvalue weighted by molar-refractivity contribution is -0.133. The highest BCUT2D eigenvalue weighted by molar-refractivity contribution is 5.96. The molecule has 2 amide bonds. The van der Waals surface area contributed by atoms with Crippen molar-refractivity contribution in [2.24, 2.45) is 0 Å². The number of likely N-dealkylation sites (N-methyl/N-ethyl adjacent to an activating group) is 1. The summed E-state index contributed by atoms with van der Waals surface area (Å²) in [5.41, 5.74) is 2.66. The Morgan fingerprint density at radius 1 is 1.15 bits per heavy atom. The molecule has 27 heavy (non-hydrogen) atoms. The molecule has 2 aromatic rings. The smallest absolute Gasteiger partial charge is 0.338 e. The number of ether oxygens (including phenoxy) is 1. The highest BCUT2D eigenvalue weighted by atomic mass is 19.1. The summed E-state index contributed by atoms with van der Waals surface area (Å²) in [6, 6.07) is 10.7. The van der Waals surface area contributed by atoms with E-state index in [1.165, 1.54) is 17.0 Å². The van der Waals surface area contributed by atoms with Crippen molar-refractivity contribution in [3.63, 3.8) is 0 Å². The molecule has 0 bridgehead atoms. The van der Waals surface area contributed by atoms with Crippen LogP contribution in [0.15, 0.2) is 42.5 Å². The van der Waals surface area contributed by atoms with Gasteiger partial charge in [0.15, 0.2) is 6.61 Å². The number of nitrogens with one attached hydrogen (secondary N) is 1. The fraction of sp³-hybridized carbons (Fsp3) is 0.250. The van der Waals surface area contributed by atoms with Crippen LogP contribution in [-0.4, -0.2) is 36.3 Å². The van der Waals surface area contributed by atoms with Gasteiger partial charge in [0.05, 0.1) is 5.56 Å². The van der Waals surface area contributed by atoms with E-state index in [2.05, 4.69) is 5.32 Å². The summed E-state index contributed by atoms with van der Waals surface area (Å²) in [6.07, 6.45) is 0.930. The molecule has 7 heteroatoms. The van der Waals surface area contributed by atoms with E-state index in [9.17, 15) is 18.8 Å². The third-order valence-corrected chi connectivity index (χ3v) is 4.32. The average Bonchev–Trinajstić information content (AvgIpc) is 2.67. The number of carbonyl (C=O) groups excluding carboxylic acids is 3. The van der Waals surface area contributed by atoms with Crippen LogP contribution in [0.1, 0.15) is 27.9 Å². The molecular formula is C20H19FN2O4. The van der Waals surface area contributed by atoms with Crippen LogP contribution in [0.5, 0.6) is 0 Å². The molecule has 3 rings (SSSR count). The van der Waals surface area contributed by atoms with Gasteiger partial charge >= 0.3 is 5.97 Å². The molecule has 2 aromatic carbocycles. The Morgan fingerprint density at radius 3 is 2.63 bits per heavy atom. The highest BCUT2D eigenvalue weighted by Gasteiger charge is 2.18. The van der Waals surface area contributed by atoms with Gasteiger partial charge in [-0.3, -0.25) is 9.59 Å². The minimum Gasteiger partial charge on any atom is -0.452 e. The van der Waals surface area contributed by atoms with Gasteiger partial charge in [-0.15, -0.1) is 0 Å². The summed E-state index contributed by atoms with van der Waals surface area (Å²) in [5, 5.41) is 2.74. The molecule has 1 aliphatic heterocycles. The van der Waals surface area contributed by atoms with E-state index < -0.39 is 5.97 Å². The van der Waals surface area contributed by atoms with Crippen LogP contribution >= 0.6 is 0 Å². The quantitative estimate of drug-likeness (QED) is 0.821. The first-order valence-corrected chi connectivity index (χ1v) is 8.50. The molecule has 0 unspecified atom stereocenters. The number of hydrogen-bond donors (Lipinski definition) is 1. The molecule has 0 saturated heterocycles. The molecular weight excluding hydrogens is 351 g/mol. The largest absolute Gasteiger partial charge is 0.452 e. The van der Waals surface area contributed by atoms with Crippen molar-refractivity contribution in [3.05, 3.63) is 65.0 Å². The second-order valence-electron chi connectivity index (χ2n) is 6.37. The Balaban J connectivity index is 1.54. The molecule has 1 N–H and O–H groups in total. The maximum absolute atomic E-state index is 12.9. The number of rotatable bonds is 5. The zero-order chi connectivity index (χ0) is 19.4. The number of halogens is 1. The number of benzene rings is 2. The Bertz CT molecular complexity index is 880. The van der Waals surface area contributed by atoms with Gasteiger partial charge in [0.25, 0.3) is 5.91 Å². The first-order chi connectivity index (χ1) is 12.9. The van der Waals surface area contributed by atoms with Crippen molar-refractivity contribution < 1.29 is 23.5 Å². The summed E-state index contributed by atoms with van der Waals surface area (Å²) in [7, 11) is 1.58. The molecule has 1 heterocycles. The predicted octanol–water partition coefficient (Wildman–Crippen LogP) is 2.53. The van der Waals surface area contributed by atoms with E-state index in [1.807, 2.05) is 0 Å². The highest BCUT2D eigenvalue weighted by Crippen LogP contribution is 2.23. The van der Waals surface area contributed by atoms with Crippen molar-refractivity contribution in [1.82, 2.24) is 4.90 Å². The van der Waals surface area contributed by atoms with Crippen molar-refractivity contribution in [3.8, 4) is 0 Å². The lowest BCUT2D eigenvalue weighted by atomic mass is 10.0. The van der Waals surface area contributed by atoms with Gasteiger partial charge in [-0.05, 0) is 47.9 Å². The van der Waals surface area contributed by atoms with Crippen molar-refractivity contribution in [2.45, 2.75) is 19.4 Å². The molecule has 0 atom stereocenters. The van der Waals surface area contributed by atoms with Crippen LogP contribution in [0, 0.1) is 5.82 Å². The van der Waals surface area contributed by atoms with Crippen LogP contribution in [0.25, 0.3) is 0 Å². The number of anilines is 1. The predicted molar refractivity (Wildman–Crippen MR) is 96.5 cm³/mol. The van der Waals surface area contributed by atoms with Gasteiger partial charge in [0, 0.05) is 25.7 Å². The van der Waals surface area contributed by atoms with Crippen LogP contribution in [0.2, 0.25) is 0 Å². The number of carbonyl (C=O) groups is 3. The normalized spacial score (nSPS) is 12.7. The van der Waals surface area contributed by atoms with Crippen molar-refractivity contribution in [2.75, 3.05) is 19.0 Å². The fourth-order valence-electron chi connectivity index (χ4n) is 2.78. The second-order valence-corrected chi connectivity index (χ2v) is 6.37. The molecule has 0 radical (unpaired) electrons. The van der Waals surface area contributed by atoms with Crippen LogP contribution in [-0.2, 0) is 27.3 Å². The number of amides is 2. The first-order valence-electron chi connectivity index (χ1n) is 8.50. The van der Waals surface area contributed by atoms with E-state index >= 15 is 0 Å². The van der Waals surface area contributed by atoms with Gasteiger partial charge < -0.3 is 15.0 Å². The maximum atomic E-state index is 12.9. The topological polar surface area (TPSA) is 75.7 Å². The number of hydrogen-bond acceptors (Lipinski definition) is 4. The summed E-state index contributed by atoms with van der Waals surface area (Å²) in [5.74, 6) is -1.35. The number of nitrogens with zero attached hydrogens (tertiary/aromatic N) is 1. The van der Waals surface area contributed by atoms with Gasteiger partial charge in [0.2, 0.25) is 5.91 Å². The zero-order valence-corrected chi connectivity index (χ0v) is 14.8. The SMILES string of the molecule is CN(Cc1ccc(F)cc1)C(=O)COC(=O)c1ccc2c(c1)CCC(=O)N2. The number of fused-ring (bicyclic) bond motifs is 1. The fourth-order valence-corrected chi connectivity index (χ4v) is 2.78. The second kappa shape index (κ2) is 7.99. The molecule has 0 aromatic heterocycles. The molecule has 6 nitrogen and oxygen atoms in total. The lowest BCUT2D eigenvalue weighted by Gasteiger charge is -2.18. The van der Waals surface area contributed by atoms with Crippen molar-refractivity contribution >= 4 is 23.5 Å². The third kappa shape index (κ3) is 4.69. The van der Waals surface area contributed by atoms with Crippen LogP contribution in [0.4, 0.5) is 10.1 Å². The molecule has 140 valence electrons. The first kappa shape index (κ1) is 18.6. The van der Waals surface area contributed by atoms with Gasteiger partial charge in [0.1, 0.15) is 5.82 Å².